The number of ether oxygens (including phenoxy) is 1. The van der Waals surface area contributed by atoms with Crippen LogP contribution in [0.3, 0.4) is 0 Å². The Morgan fingerprint density at radius 1 is 1.64 bits per heavy atom. The summed E-state index contributed by atoms with van der Waals surface area (Å²) in [5.74, 6) is 0.0849. The second-order valence-electron chi connectivity index (χ2n) is 3.05. The number of nitrogens with zero attached hydrogens (tertiary/aromatic N) is 2. The Bertz CT molecular complexity index is 379. The SMILES string of the molecule is O=[N+]([O-])c1ncc(I)cc1OC1CC1. The smallest absolute Gasteiger partial charge is 0.406 e. The van der Waals surface area contributed by atoms with E-state index in [2.05, 4.69) is 4.98 Å². The summed E-state index contributed by atoms with van der Waals surface area (Å²) in [6.07, 6.45) is 3.55. The fraction of sp³-hybridized carbons (Fsp3) is 0.375. The monoisotopic (exact) mass is 306 g/mol. The summed E-state index contributed by atoms with van der Waals surface area (Å²) in [5, 5.41) is 10.6. The zero-order valence-electron chi connectivity index (χ0n) is 7.14. The molecule has 0 aliphatic heterocycles. The zero-order chi connectivity index (χ0) is 10.1. The Kier molecular flexibility index (Phi) is 2.53. The highest BCUT2D eigenvalue weighted by Crippen LogP contribution is 2.32. The zero-order valence-corrected chi connectivity index (χ0v) is 9.30. The average molecular weight is 306 g/mol. The maximum absolute atomic E-state index is 10.6. The van der Waals surface area contributed by atoms with Gasteiger partial charge in [-0.15, -0.1) is 0 Å². The van der Waals surface area contributed by atoms with Crippen molar-refractivity contribution < 1.29 is 9.66 Å². The van der Waals surface area contributed by atoms with Crippen LogP contribution in [0.25, 0.3) is 0 Å². The van der Waals surface area contributed by atoms with Crippen LogP contribution in [0, 0.1) is 13.7 Å². The van der Waals surface area contributed by atoms with Crippen LogP contribution in [0.4, 0.5) is 5.82 Å². The van der Waals surface area contributed by atoms with Crippen LogP contribution < -0.4 is 4.74 Å². The van der Waals surface area contributed by atoms with Gasteiger partial charge in [0.2, 0.25) is 5.75 Å². The van der Waals surface area contributed by atoms with E-state index in [0.717, 1.165) is 16.4 Å². The van der Waals surface area contributed by atoms with E-state index < -0.39 is 4.92 Å². The number of pyridine rings is 1. The number of rotatable bonds is 3. The summed E-state index contributed by atoms with van der Waals surface area (Å²) in [6, 6.07) is 1.64. The van der Waals surface area contributed by atoms with Gasteiger partial charge >= 0.3 is 5.82 Å². The van der Waals surface area contributed by atoms with E-state index in [4.69, 9.17) is 4.74 Å². The first-order valence-corrected chi connectivity index (χ1v) is 5.21. The van der Waals surface area contributed by atoms with Crippen LogP contribution >= 0.6 is 22.6 Å². The van der Waals surface area contributed by atoms with Gasteiger partial charge in [0, 0.05) is 6.07 Å². The molecule has 14 heavy (non-hydrogen) atoms. The van der Waals surface area contributed by atoms with Gasteiger partial charge in [-0.1, -0.05) is 0 Å². The van der Waals surface area contributed by atoms with Gasteiger partial charge in [-0.3, -0.25) is 0 Å². The molecular weight excluding hydrogens is 299 g/mol. The van der Waals surface area contributed by atoms with Crippen molar-refractivity contribution in [3.63, 3.8) is 0 Å². The number of hydrogen-bond donors (Lipinski definition) is 0. The van der Waals surface area contributed by atoms with Crippen LogP contribution in [0.15, 0.2) is 12.3 Å². The minimum absolute atomic E-state index is 0.147. The Labute approximate surface area is 93.8 Å². The second-order valence-corrected chi connectivity index (χ2v) is 4.30. The normalized spacial score (nSPS) is 15.2. The number of hydrogen-bond acceptors (Lipinski definition) is 4. The molecule has 0 unspecified atom stereocenters. The van der Waals surface area contributed by atoms with Crippen molar-refractivity contribution in [2.24, 2.45) is 0 Å². The molecule has 1 heterocycles. The third kappa shape index (κ3) is 2.11. The lowest BCUT2D eigenvalue weighted by molar-refractivity contribution is -0.390. The van der Waals surface area contributed by atoms with E-state index in [9.17, 15) is 10.1 Å². The number of halogens is 1. The fourth-order valence-corrected chi connectivity index (χ4v) is 1.42. The van der Waals surface area contributed by atoms with Gasteiger partial charge in [0.1, 0.15) is 0 Å². The van der Waals surface area contributed by atoms with E-state index in [0.29, 0.717) is 0 Å². The Balaban J connectivity index is 2.31. The summed E-state index contributed by atoms with van der Waals surface area (Å²) >= 11 is 2.05. The maximum Gasteiger partial charge on any atom is 0.406 e. The first-order chi connectivity index (χ1) is 6.66. The van der Waals surface area contributed by atoms with E-state index in [1.165, 1.54) is 6.20 Å². The average Bonchev–Trinajstić information content (AvgIpc) is 2.87. The van der Waals surface area contributed by atoms with E-state index >= 15 is 0 Å². The van der Waals surface area contributed by atoms with E-state index in [-0.39, 0.29) is 17.7 Å². The van der Waals surface area contributed by atoms with Crippen LogP contribution in [0.5, 0.6) is 5.75 Å². The van der Waals surface area contributed by atoms with Crippen molar-refractivity contribution >= 4 is 28.4 Å². The number of aromatic nitrogens is 1. The molecule has 5 nitrogen and oxygen atoms in total. The van der Waals surface area contributed by atoms with Gasteiger partial charge in [0.05, 0.1) is 9.67 Å². The van der Waals surface area contributed by atoms with Crippen molar-refractivity contribution in [2.75, 3.05) is 0 Å². The molecule has 1 fully saturated rings. The molecular formula is C8H7IN2O3. The van der Waals surface area contributed by atoms with Gasteiger partial charge in [0.15, 0.2) is 6.20 Å². The first-order valence-electron chi connectivity index (χ1n) is 4.13. The predicted octanol–water partition coefficient (Wildman–Crippen LogP) is 2.14. The largest absolute Gasteiger partial charge is 0.482 e. The summed E-state index contributed by atoms with van der Waals surface area (Å²) in [4.78, 5) is 13.8. The van der Waals surface area contributed by atoms with Crippen LogP contribution in [0.1, 0.15) is 12.8 Å². The Morgan fingerprint density at radius 2 is 2.36 bits per heavy atom. The molecule has 6 heteroatoms. The third-order valence-corrected chi connectivity index (χ3v) is 2.38. The molecule has 0 atom stereocenters. The van der Waals surface area contributed by atoms with Gasteiger partial charge in [-0.05, 0) is 45.3 Å². The molecule has 0 radical (unpaired) electrons. The molecule has 0 spiro atoms. The third-order valence-electron chi connectivity index (χ3n) is 1.79. The standard InChI is InChI=1S/C8H7IN2O3/c9-5-3-7(14-6-1-2-6)8(10-4-5)11(12)13/h3-4,6H,1-2H2. The lowest BCUT2D eigenvalue weighted by Crippen LogP contribution is -2.02. The van der Waals surface area contributed by atoms with E-state index in [1.807, 2.05) is 22.6 Å². The molecule has 1 saturated carbocycles. The van der Waals surface area contributed by atoms with Crippen molar-refractivity contribution in [1.82, 2.24) is 4.98 Å². The fourth-order valence-electron chi connectivity index (χ4n) is 1.00. The summed E-state index contributed by atoms with van der Waals surface area (Å²) in [5.41, 5.74) is 0. The second kappa shape index (κ2) is 3.68. The van der Waals surface area contributed by atoms with Gasteiger partial charge in [-0.2, -0.15) is 0 Å². The molecule has 0 amide bonds. The quantitative estimate of drug-likeness (QED) is 0.487. The van der Waals surface area contributed by atoms with Crippen LogP contribution in [-0.2, 0) is 0 Å². The molecule has 1 aliphatic rings. The Morgan fingerprint density at radius 3 is 2.93 bits per heavy atom. The van der Waals surface area contributed by atoms with Crippen LogP contribution in [0.2, 0.25) is 0 Å². The van der Waals surface area contributed by atoms with Crippen molar-refractivity contribution in [3.05, 3.63) is 25.9 Å². The van der Waals surface area contributed by atoms with Crippen molar-refractivity contribution in [2.45, 2.75) is 18.9 Å². The van der Waals surface area contributed by atoms with E-state index in [1.54, 1.807) is 6.07 Å². The summed E-state index contributed by atoms with van der Waals surface area (Å²) in [7, 11) is 0. The predicted molar refractivity (Wildman–Crippen MR) is 57.3 cm³/mol. The molecule has 1 aromatic rings. The summed E-state index contributed by atoms with van der Waals surface area (Å²) < 4.78 is 6.23. The van der Waals surface area contributed by atoms with Gasteiger partial charge in [0.25, 0.3) is 0 Å². The lowest BCUT2D eigenvalue weighted by atomic mass is 10.4. The minimum atomic E-state index is -0.520. The molecule has 0 aromatic carbocycles. The summed E-state index contributed by atoms with van der Waals surface area (Å²) in [6.45, 7) is 0. The van der Waals surface area contributed by atoms with Crippen molar-refractivity contribution in [1.29, 1.82) is 0 Å². The molecule has 1 aromatic heterocycles. The minimum Gasteiger partial charge on any atom is -0.482 e. The highest BCUT2D eigenvalue weighted by atomic mass is 127. The van der Waals surface area contributed by atoms with Gasteiger partial charge in [-0.25, -0.2) is 0 Å². The topological polar surface area (TPSA) is 65.3 Å². The van der Waals surface area contributed by atoms with Gasteiger partial charge < -0.3 is 14.9 Å². The lowest BCUT2D eigenvalue weighted by Gasteiger charge is -2.03. The maximum atomic E-state index is 10.6. The Hall–Kier alpha value is -0.920. The highest BCUT2D eigenvalue weighted by Gasteiger charge is 2.28. The molecule has 0 saturated heterocycles. The molecule has 1 aliphatic carbocycles. The molecule has 2 rings (SSSR count). The number of nitro groups is 1. The highest BCUT2D eigenvalue weighted by molar-refractivity contribution is 14.1. The molecule has 74 valence electrons. The first kappa shape index (κ1) is 9.63. The molecule has 0 bridgehead atoms. The van der Waals surface area contributed by atoms with Crippen molar-refractivity contribution in [3.8, 4) is 5.75 Å². The van der Waals surface area contributed by atoms with Crippen LogP contribution in [-0.4, -0.2) is 16.0 Å². The molecule has 0 N–H and O–H groups in total.